The van der Waals surface area contributed by atoms with Gasteiger partial charge in [-0.25, -0.2) is 4.79 Å². The fourth-order valence-corrected chi connectivity index (χ4v) is 1.02. The van der Waals surface area contributed by atoms with Crippen LogP contribution in [0.25, 0.3) is 0 Å². The van der Waals surface area contributed by atoms with Crippen LogP contribution in [0.5, 0.6) is 0 Å². The summed E-state index contributed by atoms with van der Waals surface area (Å²) in [6.45, 7) is -0.185. The van der Waals surface area contributed by atoms with Crippen LogP contribution in [0.4, 0.5) is 0 Å². The second-order valence-electron chi connectivity index (χ2n) is 3.06. The van der Waals surface area contributed by atoms with Crippen molar-refractivity contribution < 1.29 is 19.6 Å². The number of aliphatic hydroxyl groups excluding tert-OH is 1. The van der Waals surface area contributed by atoms with Crippen LogP contribution in [0.2, 0.25) is 0 Å². The zero-order valence-corrected chi connectivity index (χ0v) is 8.41. The van der Waals surface area contributed by atoms with Crippen molar-refractivity contribution in [2.75, 3.05) is 6.61 Å². The van der Waals surface area contributed by atoms with Crippen LogP contribution in [0.1, 0.15) is 16.8 Å². The van der Waals surface area contributed by atoms with Gasteiger partial charge in [0.05, 0.1) is 16.9 Å². The van der Waals surface area contributed by atoms with E-state index in [2.05, 4.69) is 0 Å². The molecule has 6 heteroatoms. The molecule has 1 rings (SSSR count). The van der Waals surface area contributed by atoms with E-state index in [1.54, 1.807) is 30.3 Å². The molecular weight excluding hydrogens is 214 g/mol. The number of nitrogens with zero attached hydrogens (tertiary/aromatic N) is 1. The van der Waals surface area contributed by atoms with E-state index in [0.29, 0.717) is 5.56 Å². The standard InChI is InChI=1S/C10H11NO5/c12-9(11(14)15)6-7-16-10(13)8-4-2-1-3-5-8/h1-5,9,12H,6-7H2. The van der Waals surface area contributed by atoms with Gasteiger partial charge in [0.15, 0.2) is 0 Å². The summed E-state index contributed by atoms with van der Waals surface area (Å²) in [6, 6.07) is 8.27. The number of aliphatic hydroxyl groups is 1. The van der Waals surface area contributed by atoms with E-state index in [0.717, 1.165) is 0 Å². The molecule has 0 radical (unpaired) electrons. The minimum atomic E-state index is -1.69. The van der Waals surface area contributed by atoms with Crippen molar-refractivity contribution >= 4 is 5.97 Å². The highest BCUT2D eigenvalue weighted by molar-refractivity contribution is 5.89. The largest absolute Gasteiger partial charge is 0.462 e. The van der Waals surface area contributed by atoms with Gasteiger partial charge in [0.1, 0.15) is 6.61 Å². The van der Waals surface area contributed by atoms with E-state index < -0.39 is 17.1 Å². The molecule has 0 amide bonds. The van der Waals surface area contributed by atoms with E-state index >= 15 is 0 Å². The highest BCUT2D eigenvalue weighted by Crippen LogP contribution is 2.02. The Bertz CT molecular complexity index is 365. The van der Waals surface area contributed by atoms with Gasteiger partial charge in [-0.1, -0.05) is 18.2 Å². The molecule has 16 heavy (non-hydrogen) atoms. The molecule has 0 aliphatic heterocycles. The minimum absolute atomic E-state index is 0.185. The van der Waals surface area contributed by atoms with Crippen molar-refractivity contribution in [3.05, 3.63) is 46.0 Å². The summed E-state index contributed by atoms with van der Waals surface area (Å²) in [7, 11) is 0. The molecule has 0 spiro atoms. The molecule has 1 N–H and O–H groups in total. The Labute approximate surface area is 91.6 Å². The Morgan fingerprint density at radius 3 is 2.62 bits per heavy atom. The fraction of sp³-hybridized carbons (Fsp3) is 0.300. The number of hydrogen-bond acceptors (Lipinski definition) is 5. The number of hydrogen-bond donors (Lipinski definition) is 1. The van der Waals surface area contributed by atoms with Gasteiger partial charge in [0.2, 0.25) is 0 Å². The van der Waals surface area contributed by atoms with Crippen LogP contribution in [-0.4, -0.2) is 28.8 Å². The predicted octanol–water partition coefficient (Wildman–Crippen LogP) is 0.829. The Hall–Kier alpha value is -1.95. The molecule has 1 aromatic rings. The molecule has 0 heterocycles. The van der Waals surface area contributed by atoms with Gasteiger partial charge >= 0.3 is 12.2 Å². The maximum Gasteiger partial charge on any atom is 0.338 e. The molecule has 0 fully saturated rings. The predicted molar refractivity (Wildman–Crippen MR) is 54.3 cm³/mol. The SMILES string of the molecule is O=C(OCCC(O)[N+](=O)[O-])c1ccccc1. The summed E-state index contributed by atoms with van der Waals surface area (Å²) in [6.07, 6.45) is -1.91. The zero-order chi connectivity index (χ0) is 12.0. The van der Waals surface area contributed by atoms with Gasteiger partial charge in [-0.3, -0.25) is 10.1 Å². The average molecular weight is 225 g/mol. The van der Waals surface area contributed by atoms with E-state index in [1.165, 1.54) is 0 Å². The second-order valence-corrected chi connectivity index (χ2v) is 3.06. The second kappa shape index (κ2) is 5.82. The van der Waals surface area contributed by atoms with Crippen molar-refractivity contribution in [3.8, 4) is 0 Å². The number of ether oxygens (including phenoxy) is 1. The first kappa shape index (κ1) is 12.1. The molecule has 0 aliphatic rings. The molecule has 0 aliphatic carbocycles. The third-order valence-electron chi connectivity index (χ3n) is 1.86. The topological polar surface area (TPSA) is 89.7 Å². The van der Waals surface area contributed by atoms with Crippen LogP contribution in [-0.2, 0) is 4.74 Å². The highest BCUT2D eigenvalue weighted by Gasteiger charge is 2.16. The van der Waals surface area contributed by atoms with E-state index in [1.807, 2.05) is 0 Å². The zero-order valence-electron chi connectivity index (χ0n) is 8.41. The van der Waals surface area contributed by atoms with E-state index in [9.17, 15) is 14.9 Å². The first-order chi connectivity index (χ1) is 7.61. The molecule has 1 aromatic carbocycles. The van der Waals surface area contributed by atoms with Gasteiger partial charge in [0, 0.05) is 0 Å². The summed E-state index contributed by atoms with van der Waals surface area (Å²) in [5, 5.41) is 18.9. The maximum atomic E-state index is 11.3. The van der Waals surface area contributed by atoms with Crippen molar-refractivity contribution in [3.63, 3.8) is 0 Å². The summed E-state index contributed by atoms with van der Waals surface area (Å²) >= 11 is 0. The summed E-state index contributed by atoms with van der Waals surface area (Å²) in [5.41, 5.74) is 0.373. The first-order valence-electron chi connectivity index (χ1n) is 4.65. The van der Waals surface area contributed by atoms with Crippen LogP contribution in [0.3, 0.4) is 0 Å². The number of esters is 1. The smallest absolute Gasteiger partial charge is 0.338 e. The fourth-order valence-electron chi connectivity index (χ4n) is 1.02. The van der Waals surface area contributed by atoms with Crippen molar-refractivity contribution in [2.45, 2.75) is 12.6 Å². The monoisotopic (exact) mass is 225 g/mol. The number of benzene rings is 1. The van der Waals surface area contributed by atoms with Crippen molar-refractivity contribution in [2.24, 2.45) is 0 Å². The number of nitro groups is 1. The normalized spacial score (nSPS) is 11.8. The number of carbonyl (C=O) groups excluding carboxylic acids is 1. The molecule has 0 saturated heterocycles. The Kier molecular flexibility index (Phi) is 4.41. The van der Waals surface area contributed by atoms with Gasteiger partial charge in [-0.05, 0) is 12.1 Å². The van der Waals surface area contributed by atoms with Gasteiger partial charge in [-0.15, -0.1) is 0 Å². The van der Waals surface area contributed by atoms with Crippen LogP contribution >= 0.6 is 0 Å². The summed E-state index contributed by atoms with van der Waals surface area (Å²) in [4.78, 5) is 20.5. The van der Waals surface area contributed by atoms with Gasteiger partial charge in [-0.2, -0.15) is 0 Å². The van der Waals surface area contributed by atoms with E-state index in [4.69, 9.17) is 9.84 Å². The quantitative estimate of drug-likeness (QED) is 0.347. The Balaban J connectivity index is 2.34. The molecule has 6 nitrogen and oxygen atoms in total. The third-order valence-corrected chi connectivity index (χ3v) is 1.86. The lowest BCUT2D eigenvalue weighted by atomic mass is 10.2. The third kappa shape index (κ3) is 3.66. The molecule has 86 valence electrons. The molecule has 1 atom stereocenters. The number of carbonyl (C=O) groups is 1. The van der Waals surface area contributed by atoms with Crippen LogP contribution < -0.4 is 0 Å². The summed E-state index contributed by atoms with van der Waals surface area (Å²) in [5.74, 6) is -0.559. The Morgan fingerprint density at radius 2 is 2.06 bits per heavy atom. The lowest BCUT2D eigenvalue weighted by Crippen LogP contribution is -2.21. The maximum absolute atomic E-state index is 11.3. The van der Waals surface area contributed by atoms with Gasteiger partial charge in [0.25, 0.3) is 0 Å². The van der Waals surface area contributed by atoms with Crippen LogP contribution in [0, 0.1) is 10.1 Å². The highest BCUT2D eigenvalue weighted by atomic mass is 16.7. The minimum Gasteiger partial charge on any atom is -0.462 e. The van der Waals surface area contributed by atoms with E-state index in [-0.39, 0.29) is 13.0 Å². The van der Waals surface area contributed by atoms with Crippen molar-refractivity contribution in [1.29, 1.82) is 0 Å². The average Bonchev–Trinajstić information content (AvgIpc) is 2.29. The molecule has 0 saturated carbocycles. The lowest BCUT2D eigenvalue weighted by molar-refractivity contribution is -0.571. The van der Waals surface area contributed by atoms with Gasteiger partial charge < -0.3 is 9.84 Å². The van der Waals surface area contributed by atoms with Crippen molar-refractivity contribution in [1.82, 2.24) is 0 Å². The Morgan fingerprint density at radius 1 is 1.44 bits per heavy atom. The molecular formula is C10H11NO5. The van der Waals surface area contributed by atoms with Crippen LogP contribution in [0.15, 0.2) is 30.3 Å². The first-order valence-corrected chi connectivity index (χ1v) is 4.65. The molecule has 1 unspecified atom stereocenters. The molecule has 0 bridgehead atoms. The lowest BCUT2D eigenvalue weighted by Gasteiger charge is -2.05. The molecule has 0 aromatic heterocycles. The number of rotatable bonds is 5. The summed E-state index contributed by atoms with van der Waals surface area (Å²) < 4.78 is 4.75.